The summed E-state index contributed by atoms with van der Waals surface area (Å²) in [6.07, 6.45) is 11.1. The van der Waals surface area contributed by atoms with Crippen LogP contribution in [0.15, 0.2) is 82.3 Å². The van der Waals surface area contributed by atoms with E-state index in [0.29, 0.717) is 55.1 Å². The summed E-state index contributed by atoms with van der Waals surface area (Å²) in [5, 5.41) is 0.533. The lowest BCUT2D eigenvalue weighted by atomic mass is 9.81. The van der Waals surface area contributed by atoms with Crippen molar-refractivity contribution in [2.75, 3.05) is 31.7 Å². The lowest BCUT2D eigenvalue weighted by Gasteiger charge is -2.26. The first-order chi connectivity index (χ1) is 25.3. The number of allylic oxidation sites excluding steroid dienone is 6. The van der Waals surface area contributed by atoms with Crippen LogP contribution in [-0.2, 0) is 55.0 Å². The molecule has 0 N–H and O–H groups in total. The molecule has 0 aliphatic carbocycles. The quantitative estimate of drug-likeness (QED) is 0.0810. The maximum Gasteiger partial charge on any atom is 0.333 e. The van der Waals surface area contributed by atoms with E-state index in [1.807, 2.05) is 63.0 Å². The van der Waals surface area contributed by atoms with E-state index in [2.05, 4.69) is 4.58 Å². The molecule has 0 saturated carbocycles. The molecule has 0 unspecified atom stereocenters. The zero-order valence-corrected chi connectivity index (χ0v) is 32.5. The number of carbonyl (C=O) groups is 3. The van der Waals surface area contributed by atoms with Crippen LogP contribution in [-0.4, -0.2) is 85.9 Å². The van der Waals surface area contributed by atoms with E-state index in [4.69, 9.17) is 9.57 Å². The Labute approximate surface area is 315 Å². The maximum absolute atomic E-state index is 12.3. The second-order valence-corrected chi connectivity index (χ2v) is 17.1. The first kappa shape index (κ1) is 40.7. The Morgan fingerprint density at radius 1 is 0.852 bits per heavy atom. The highest BCUT2D eigenvalue weighted by atomic mass is 32.2. The molecule has 3 aliphatic heterocycles. The Morgan fingerprint density at radius 2 is 1.48 bits per heavy atom. The average molecular weight is 783 g/mol. The van der Waals surface area contributed by atoms with Crippen molar-refractivity contribution in [3.8, 4) is 0 Å². The van der Waals surface area contributed by atoms with Crippen LogP contribution in [0.2, 0.25) is 0 Å². The highest BCUT2D eigenvalue weighted by Gasteiger charge is 2.45. The van der Waals surface area contributed by atoms with Gasteiger partial charge in [0.15, 0.2) is 5.71 Å². The lowest BCUT2D eigenvalue weighted by Crippen LogP contribution is -2.31. The second kappa shape index (κ2) is 15.7. The van der Waals surface area contributed by atoms with E-state index < -0.39 is 48.8 Å². The fourth-order valence-corrected chi connectivity index (χ4v) is 8.16. The molecule has 3 aliphatic rings. The Kier molecular flexibility index (Phi) is 11.8. The summed E-state index contributed by atoms with van der Waals surface area (Å²) in [4.78, 5) is 42.1. The van der Waals surface area contributed by atoms with Crippen molar-refractivity contribution in [3.63, 3.8) is 0 Å². The molecule has 54 heavy (non-hydrogen) atoms. The molecule has 2 aromatic rings. The van der Waals surface area contributed by atoms with E-state index in [9.17, 15) is 40.3 Å². The summed E-state index contributed by atoms with van der Waals surface area (Å²) in [6.45, 7) is 9.20. The molecule has 3 heterocycles. The van der Waals surface area contributed by atoms with Crippen LogP contribution in [0, 0.1) is 0 Å². The molecule has 290 valence electrons. The summed E-state index contributed by atoms with van der Waals surface area (Å²) in [6, 6.07) is 8.73. The van der Waals surface area contributed by atoms with Crippen LogP contribution in [0.25, 0.3) is 0 Å². The Bertz CT molecular complexity index is 2190. The minimum atomic E-state index is -4.70. The number of anilines is 1. The number of carbonyl (C=O) groups excluding carboxylic acids is 3. The number of hydrogen-bond donors (Lipinski definition) is 0. The monoisotopic (exact) mass is 782 g/mol. The summed E-state index contributed by atoms with van der Waals surface area (Å²) in [7, 11) is -7.76. The smallest absolute Gasteiger partial charge is 0.333 e. The van der Waals surface area contributed by atoms with Gasteiger partial charge < -0.3 is 23.6 Å². The predicted octanol–water partition coefficient (Wildman–Crippen LogP) is 4.48. The normalized spacial score (nSPS) is 18.8. The first-order valence-corrected chi connectivity index (χ1v) is 20.3. The third-order valence-electron chi connectivity index (χ3n) is 10.0. The fraction of sp³-hybridized carbons (Fsp3) is 0.421. The topological polar surface area (TPSA) is 194 Å². The summed E-state index contributed by atoms with van der Waals surface area (Å²) in [5.41, 5.74) is 3.30. The number of benzene rings is 2. The standard InChI is InChI=1S/C38H45N3O11S2/c1-37(2)28-24-26(53(45,46)47)15-17-30(28)39(21-11-7-10-14-36(44)52-41-34(42)19-20-35(41)43)32(37)12-8-6-9-13-33-38(3,4)29-25-27(54(48,49)50)16-18-31(29)40(33)22-23-51-5/h6,8-9,12-13,15-18,24-25H,7,10-11,14,19-23H2,1-5H3,(H-,45,46,47,48,49,50)/p-1. The predicted molar refractivity (Wildman–Crippen MR) is 196 cm³/mol. The van der Waals surface area contributed by atoms with Gasteiger partial charge in [-0.3, -0.25) is 9.59 Å². The molecule has 16 heteroatoms. The molecule has 0 bridgehead atoms. The largest absolute Gasteiger partial charge is 0.744 e. The van der Waals surface area contributed by atoms with E-state index >= 15 is 0 Å². The van der Waals surface area contributed by atoms with Crippen molar-refractivity contribution in [1.29, 1.82) is 0 Å². The molecule has 1 saturated heterocycles. The van der Waals surface area contributed by atoms with E-state index in [1.54, 1.807) is 19.2 Å². The molecular weight excluding hydrogens is 739 g/mol. The van der Waals surface area contributed by atoms with E-state index in [1.165, 1.54) is 24.3 Å². The van der Waals surface area contributed by atoms with Crippen LogP contribution < -0.4 is 4.90 Å². The van der Waals surface area contributed by atoms with Gasteiger partial charge in [-0.25, -0.2) is 21.6 Å². The Balaban J connectivity index is 1.37. The molecule has 0 aromatic heterocycles. The minimum absolute atomic E-state index is 0.0181. The van der Waals surface area contributed by atoms with E-state index in [0.717, 1.165) is 22.8 Å². The molecule has 0 atom stereocenters. The third kappa shape index (κ3) is 8.42. The van der Waals surface area contributed by atoms with Crippen molar-refractivity contribution in [3.05, 3.63) is 83.6 Å². The summed E-state index contributed by atoms with van der Waals surface area (Å²) < 4.78 is 78.6. The zero-order chi connectivity index (χ0) is 39.6. The minimum Gasteiger partial charge on any atom is -0.744 e. The summed E-state index contributed by atoms with van der Waals surface area (Å²) >= 11 is 0. The van der Waals surface area contributed by atoms with Crippen LogP contribution in [0.1, 0.15) is 77.3 Å². The Morgan fingerprint density at radius 3 is 2.11 bits per heavy atom. The van der Waals surface area contributed by atoms with Gasteiger partial charge in [0, 0.05) is 73.8 Å². The molecular formula is C38H44N3O11S2-. The lowest BCUT2D eigenvalue weighted by molar-refractivity contribution is -0.438. The number of rotatable bonds is 15. The van der Waals surface area contributed by atoms with Crippen molar-refractivity contribution in [1.82, 2.24) is 5.06 Å². The average Bonchev–Trinajstić information content (AvgIpc) is 3.60. The number of imide groups is 1. The number of hydrogen-bond acceptors (Lipinski definition) is 12. The number of unbranched alkanes of at least 4 members (excludes halogenated alkanes) is 2. The van der Waals surface area contributed by atoms with Gasteiger partial charge in [-0.15, -0.1) is 5.06 Å². The van der Waals surface area contributed by atoms with Gasteiger partial charge in [0.05, 0.1) is 21.8 Å². The zero-order valence-electron chi connectivity index (χ0n) is 30.9. The SMILES string of the molecule is COCCN1/C(=C/C=C/C=C/C2=[N+](CCCCCC(=O)ON3C(=O)CCC3=O)c3ccc(S(=O)(=O)[O-])cc3C2(C)C)C(C)(C)c2cc(S(=O)(=O)[O-])ccc21. The van der Waals surface area contributed by atoms with Gasteiger partial charge in [0.1, 0.15) is 26.8 Å². The number of amides is 2. The molecule has 2 amide bonds. The van der Waals surface area contributed by atoms with Crippen LogP contribution in [0.4, 0.5) is 11.4 Å². The molecule has 0 radical (unpaired) electrons. The van der Waals surface area contributed by atoms with E-state index in [-0.39, 0.29) is 29.1 Å². The van der Waals surface area contributed by atoms with Crippen LogP contribution >= 0.6 is 0 Å². The van der Waals surface area contributed by atoms with Crippen molar-refractivity contribution in [2.24, 2.45) is 0 Å². The fourth-order valence-electron chi connectivity index (χ4n) is 7.16. The van der Waals surface area contributed by atoms with Crippen molar-refractivity contribution >= 4 is 55.1 Å². The molecule has 1 fully saturated rings. The van der Waals surface area contributed by atoms with Gasteiger partial charge in [0.2, 0.25) is 5.69 Å². The van der Waals surface area contributed by atoms with Gasteiger partial charge in [-0.05, 0) is 68.7 Å². The van der Waals surface area contributed by atoms with Crippen LogP contribution in [0.3, 0.4) is 0 Å². The number of methoxy groups -OCH3 is 1. The summed E-state index contributed by atoms with van der Waals surface area (Å²) in [5.74, 6) is -1.74. The first-order valence-electron chi connectivity index (χ1n) is 17.5. The molecule has 2 aromatic carbocycles. The number of hydroxylamine groups is 2. The van der Waals surface area contributed by atoms with Gasteiger partial charge in [0.25, 0.3) is 11.8 Å². The van der Waals surface area contributed by atoms with Gasteiger partial charge in [-0.2, -0.15) is 4.58 Å². The number of ether oxygens (including phenoxy) is 1. The maximum atomic E-state index is 12.3. The van der Waals surface area contributed by atoms with Crippen molar-refractivity contribution < 1.29 is 54.5 Å². The Hall–Kier alpha value is -4.48. The number of nitrogens with zero attached hydrogens (tertiary/aromatic N) is 3. The van der Waals surface area contributed by atoms with Gasteiger partial charge >= 0.3 is 5.97 Å². The highest BCUT2D eigenvalue weighted by molar-refractivity contribution is 7.86. The molecule has 0 spiro atoms. The number of fused-ring (bicyclic) bond motifs is 2. The molecule has 5 rings (SSSR count). The van der Waals surface area contributed by atoms with Gasteiger partial charge in [-0.1, -0.05) is 32.1 Å². The van der Waals surface area contributed by atoms with Crippen LogP contribution in [0.5, 0.6) is 0 Å². The molecule has 14 nitrogen and oxygen atoms in total. The second-order valence-electron chi connectivity index (χ2n) is 14.3. The van der Waals surface area contributed by atoms with Crippen molar-refractivity contribution in [2.45, 2.75) is 86.8 Å². The highest BCUT2D eigenvalue weighted by Crippen LogP contribution is 2.48. The third-order valence-corrected chi connectivity index (χ3v) is 11.7.